The fourth-order valence-electron chi connectivity index (χ4n) is 1.38. The molecule has 3 heteroatoms. The summed E-state index contributed by atoms with van der Waals surface area (Å²) in [6.07, 6.45) is 2.33. The maximum atomic E-state index is 13.5. The number of hydrogen-bond donors (Lipinski definition) is 1. The van der Waals surface area contributed by atoms with Gasteiger partial charge in [0, 0.05) is 17.8 Å². The van der Waals surface area contributed by atoms with Gasteiger partial charge in [0.1, 0.15) is 0 Å². The summed E-state index contributed by atoms with van der Waals surface area (Å²) >= 11 is 0. The van der Waals surface area contributed by atoms with Crippen molar-refractivity contribution in [2.75, 3.05) is 5.32 Å². The Morgan fingerprint density at radius 3 is 2.67 bits per heavy atom. The molecule has 0 aromatic heterocycles. The summed E-state index contributed by atoms with van der Waals surface area (Å²) in [5.41, 5.74) is 0.797. The zero-order valence-corrected chi connectivity index (χ0v) is 9.09. The van der Waals surface area contributed by atoms with E-state index >= 15 is 0 Å². The van der Waals surface area contributed by atoms with Crippen molar-refractivity contribution in [3.8, 4) is 5.75 Å². The molecule has 2 rings (SSSR count). The van der Waals surface area contributed by atoms with Gasteiger partial charge >= 0.3 is 0 Å². The summed E-state index contributed by atoms with van der Waals surface area (Å²) < 4.78 is 18.9. The van der Waals surface area contributed by atoms with Gasteiger partial charge in [-0.15, -0.1) is 0 Å². The topological polar surface area (TPSA) is 21.3 Å². The molecular formula is C12H16FNO. The van der Waals surface area contributed by atoms with Crippen molar-refractivity contribution in [2.45, 2.75) is 38.8 Å². The minimum atomic E-state index is -0.285. The van der Waals surface area contributed by atoms with Crippen molar-refractivity contribution in [1.29, 1.82) is 0 Å². The molecule has 1 N–H and O–H groups in total. The van der Waals surface area contributed by atoms with Crippen LogP contribution in [0.1, 0.15) is 26.7 Å². The lowest BCUT2D eigenvalue weighted by Gasteiger charge is -2.11. The number of benzene rings is 1. The number of nitrogens with one attached hydrogen (secondary N) is 1. The van der Waals surface area contributed by atoms with E-state index < -0.39 is 0 Å². The molecule has 1 aliphatic carbocycles. The maximum Gasteiger partial charge on any atom is 0.167 e. The molecule has 0 aliphatic heterocycles. The van der Waals surface area contributed by atoms with Crippen LogP contribution >= 0.6 is 0 Å². The Morgan fingerprint density at radius 2 is 2.13 bits per heavy atom. The number of anilines is 1. The van der Waals surface area contributed by atoms with Gasteiger partial charge in [-0.25, -0.2) is 4.39 Å². The molecule has 0 radical (unpaired) electrons. The first kappa shape index (κ1) is 10.3. The van der Waals surface area contributed by atoms with Gasteiger partial charge in [-0.2, -0.15) is 0 Å². The van der Waals surface area contributed by atoms with Crippen molar-refractivity contribution in [3.63, 3.8) is 0 Å². The minimum absolute atomic E-state index is 0.239. The fourth-order valence-corrected chi connectivity index (χ4v) is 1.38. The fraction of sp³-hybridized carbons (Fsp3) is 0.500. The lowest BCUT2D eigenvalue weighted by molar-refractivity contribution is 0.287. The van der Waals surface area contributed by atoms with Gasteiger partial charge in [0.15, 0.2) is 11.6 Å². The normalized spacial score (nSPS) is 15.5. The summed E-state index contributed by atoms with van der Waals surface area (Å²) in [6, 6.07) is 5.33. The Labute approximate surface area is 89.4 Å². The molecule has 0 atom stereocenters. The van der Waals surface area contributed by atoms with Crippen LogP contribution < -0.4 is 10.1 Å². The van der Waals surface area contributed by atoms with Crippen LogP contribution in [0, 0.1) is 5.82 Å². The molecule has 1 saturated carbocycles. The van der Waals surface area contributed by atoms with Gasteiger partial charge in [-0.1, -0.05) is 0 Å². The predicted octanol–water partition coefficient (Wildman–Crippen LogP) is 3.19. The third-order valence-corrected chi connectivity index (χ3v) is 2.21. The predicted molar refractivity (Wildman–Crippen MR) is 58.8 cm³/mol. The third-order valence-electron chi connectivity index (χ3n) is 2.21. The van der Waals surface area contributed by atoms with E-state index in [-0.39, 0.29) is 11.9 Å². The van der Waals surface area contributed by atoms with E-state index in [4.69, 9.17) is 4.74 Å². The number of ether oxygens (including phenoxy) is 1. The lowest BCUT2D eigenvalue weighted by Crippen LogP contribution is -2.10. The van der Waals surface area contributed by atoms with Gasteiger partial charge in [0.25, 0.3) is 0 Å². The highest BCUT2D eigenvalue weighted by atomic mass is 19.1. The first-order valence-corrected chi connectivity index (χ1v) is 5.38. The van der Waals surface area contributed by atoms with Crippen LogP contribution in [0.4, 0.5) is 10.1 Å². The summed E-state index contributed by atoms with van der Waals surface area (Å²) in [5, 5.41) is 3.15. The highest BCUT2D eigenvalue weighted by molar-refractivity contribution is 5.47. The molecule has 1 aromatic carbocycles. The van der Waals surface area contributed by atoms with Crippen LogP contribution in [0.25, 0.3) is 0 Å². The van der Waals surface area contributed by atoms with E-state index in [1.807, 2.05) is 19.9 Å². The van der Waals surface area contributed by atoms with Crippen LogP contribution in [-0.2, 0) is 0 Å². The van der Waals surface area contributed by atoms with Gasteiger partial charge in [0.05, 0.1) is 6.10 Å². The van der Waals surface area contributed by atoms with E-state index in [2.05, 4.69) is 5.32 Å². The molecule has 1 aromatic rings. The summed E-state index contributed by atoms with van der Waals surface area (Å²) in [4.78, 5) is 0. The molecule has 0 amide bonds. The zero-order chi connectivity index (χ0) is 10.8. The molecule has 0 saturated heterocycles. The van der Waals surface area contributed by atoms with Crippen molar-refractivity contribution in [2.24, 2.45) is 0 Å². The SMILES string of the molecule is CC(C)Nc1ccc(OC2CC2)c(F)c1. The number of rotatable bonds is 4. The van der Waals surface area contributed by atoms with Crippen LogP contribution in [0.15, 0.2) is 18.2 Å². The van der Waals surface area contributed by atoms with Gasteiger partial charge < -0.3 is 10.1 Å². The Balaban J connectivity index is 2.07. The molecule has 82 valence electrons. The highest BCUT2D eigenvalue weighted by Crippen LogP contribution is 2.29. The monoisotopic (exact) mass is 209 g/mol. The molecule has 2 nitrogen and oxygen atoms in total. The third kappa shape index (κ3) is 2.85. The molecule has 1 aliphatic rings. The second-order valence-corrected chi connectivity index (χ2v) is 4.26. The molecule has 0 bridgehead atoms. The van der Waals surface area contributed by atoms with E-state index in [9.17, 15) is 4.39 Å². The number of halogens is 1. The summed E-state index contributed by atoms with van der Waals surface area (Å²) in [5.74, 6) is 0.0827. The number of hydrogen-bond acceptors (Lipinski definition) is 2. The first-order valence-electron chi connectivity index (χ1n) is 5.38. The van der Waals surface area contributed by atoms with Crippen molar-refractivity contribution in [3.05, 3.63) is 24.0 Å². The molecular weight excluding hydrogens is 193 g/mol. The van der Waals surface area contributed by atoms with Crippen LogP contribution in [-0.4, -0.2) is 12.1 Å². The molecule has 0 heterocycles. The highest BCUT2D eigenvalue weighted by Gasteiger charge is 2.24. The second-order valence-electron chi connectivity index (χ2n) is 4.26. The van der Waals surface area contributed by atoms with Crippen LogP contribution in [0.5, 0.6) is 5.75 Å². The largest absolute Gasteiger partial charge is 0.487 e. The lowest BCUT2D eigenvalue weighted by atomic mass is 10.2. The van der Waals surface area contributed by atoms with Gasteiger partial charge in [-0.3, -0.25) is 0 Å². The Morgan fingerprint density at radius 1 is 1.40 bits per heavy atom. The summed E-state index contributed by atoms with van der Waals surface area (Å²) in [7, 11) is 0. The second kappa shape index (κ2) is 4.09. The van der Waals surface area contributed by atoms with E-state index in [0.29, 0.717) is 11.8 Å². The smallest absolute Gasteiger partial charge is 0.167 e. The molecule has 0 spiro atoms. The van der Waals surface area contributed by atoms with Crippen molar-refractivity contribution in [1.82, 2.24) is 0 Å². The van der Waals surface area contributed by atoms with Gasteiger partial charge in [-0.05, 0) is 38.8 Å². The van der Waals surface area contributed by atoms with E-state index in [1.165, 1.54) is 6.07 Å². The van der Waals surface area contributed by atoms with E-state index in [0.717, 1.165) is 18.5 Å². The minimum Gasteiger partial charge on any atom is -0.487 e. The molecule has 0 unspecified atom stereocenters. The van der Waals surface area contributed by atoms with Gasteiger partial charge in [0.2, 0.25) is 0 Å². The Kier molecular flexibility index (Phi) is 2.80. The van der Waals surface area contributed by atoms with E-state index in [1.54, 1.807) is 6.07 Å². The molecule has 15 heavy (non-hydrogen) atoms. The first-order chi connectivity index (χ1) is 7.15. The quantitative estimate of drug-likeness (QED) is 0.822. The maximum absolute atomic E-state index is 13.5. The van der Waals surface area contributed by atoms with Crippen LogP contribution in [0.2, 0.25) is 0 Å². The average Bonchev–Trinajstić information content (AvgIpc) is 2.92. The zero-order valence-electron chi connectivity index (χ0n) is 9.09. The van der Waals surface area contributed by atoms with Crippen molar-refractivity contribution >= 4 is 5.69 Å². The average molecular weight is 209 g/mol. The standard InChI is InChI=1S/C12H16FNO/c1-8(2)14-9-3-6-12(11(13)7-9)15-10-4-5-10/h3,6-8,10,14H,4-5H2,1-2H3. The Hall–Kier alpha value is -1.25. The van der Waals surface area contributed by atoms with Crippen LogP contribution in [0.3, 0.4) is 0 Å². The van der Waals surface area contributed by atoms with Crippen molar-refractivity contribution < 1.29 is 9.13 Å². The Bertz CT molecular complexity index is 347. The summed E-state index contributed by atoms with van der Waals surface area (Å²) in [6.45, 7) is 4.04. The molecule has 1 fully saturated rings.